The number of benzene rings is 1. The molecule has 28 heavy (non-hydrogen) atoms. The second kappa shape index (κ2) is 9.88. The van der Waals surface area contributed by atoms with Gasteiger partial charge in [0.25, 0.3) is 0 Å². The van der Waals surface area contributed by atoms with Crippen LogP contribution in [0.1, 0.15) is 70.3 Å². The second-order valence-corrected chi connectivity index (χ2v) is 10.0. The van der Waals surface area contributed by atoms with Gasteiger partial charge in [-0.05, 0) is 49.3 Å². The Kier molecular flexibility index (Phi) is 7.52. The first-order valence-electron chi connectivity index (χ1n) is 10.9. The van der Waals surface area contributed by atoms with Crippen molar-refractivity contribution in [3.05, 3.63) is 29.8 Å². The van der Waals surface area contributed by atoms with Crippen molar-refractivity contribution in [1.29, 1.82) is 0 Å². The predicted octanol–water partition coefficient (Wildman–Crippen LogP) is 3.88. The number of hydrogen-bond acceptors (Lipinski definition) is 3. The molecule has 1 saturated carbocycles. The molecule has 1 aromatic rings. The van der Waals surface area contributed by atoms with Gasteiger partial charge in [0.15, 0.2) is 0 Å². The summed E-state index contributed by atoms with van der Waals surface area (Å²) in [5, 5.41) is 0. The van der Waals surface area contributed by atoms with E-state index in [0.717, 1.165) is 24.3 Å². The fraction of sp³-hybridized carbons (Fsp3) is 0.682. The summed E-state index contributed by atoms with van der Waals surface area (Å²) in [6, 6.07) is 6.97. The third kappa shape index (κ3) is 5.80. The Balaban J connectivity index is 1.44. The van der Waals surface area contributed by atoms with Crippen LogP contribution in [0.4, 0.5) is 0 Å². The van der Waals surface area contributed by atoms with Gasteiger partial charge in [-0.3, -0.25) is 4.79 Å². The van der Waals surface area contributed by atoms with Crippen LogP contribution in [-0.2, 0) is 21.2 Å². The topological polar surface area (TPSA) is 66.5 Å². The summed E-state index contributed by atoms with van der Waals surface area (Å²) >= 11 is 0. The number of nitrogens with zero attached hydrogens (tertiary/aromatic N) is 1. The first-order chi connectivity index (χ1) is 13.5. The highest BCUT2D eigenvalue weighted by molar-refractivity contribution is 7.89. The highest BCUT2D eigenvalue weighted by atomic mass is 32.2. The van der Waals surface area contributed by atoms with Crippen molar-refractivity contribution in [2.75, 3.05) is 13.1 Å². The molecule has 1 aliphatic carbocycles. The molecule has 0 spiro atoms. The van der Waals surface area contributed by atoms with Crippen LogP contribution in [0.5, 0.6) is 0 Å². The molecule has 6 heteroatoms. The summed E-state index contributed by atoms with van der Waals surface area (Å²) in [5.74, 6) is 0.961. The van der Waals surface area contributed by atoms with Gasteiger partial charge in [0.05, 0.1) is 4.90 Å². The van der Waals surface area contributed by atoms with Crippen LogP contribution in [0.25, 0.3) is 0 Å². The van der Waals surface area contributed by atoms with E-state index in [9.17, 15) is 13.2 Å². The standard InChI is InChI=1S/C22H34N2O3S/c1-2-18-8-11-21(12-9-18)28(26,27)23-20-14-16-24(17-15-20)22(25)13-10-19-6-4-3-5-7-19/h8-9,11-12,19-20,23H,2-7,10,13-17H2,1H3. The number of rotatable bonds is 7. The molecule has 156 valence electrons. The molecule has 1 amide bonds. The molecule has 0 bridgehead atoms. The van der Waals surface area contributed by atoms with Crippen molar-refractivity contribution in [2.45, 2.75) is 82.1 Å². The van der Waals surface area contributed by atoms with Gasteiger partial charge in [-0.25, -0.2) is 13.1 Å². The van der Waals surface area contributed by atoms with Gasteiger partial charge in [0, 0.05) is 25.6 Å². The molecule has 1 heterocycles. The molecule has 1 saturated heterocycles. The number of sulfonamides is 1. The SMILES string of the molecule is CCc1ccc(S(=O)(=O)NC2CCN(C(=O)CCC3CCCCC3)CC2)cc1. The number of likely N-dealkylation sites (tertiary alicyclic amines) is 1. The van der Waals surface area contributed by atoms with E-state index in [2.05, 4.69) is 4.72 Å². The number of carbonyl (C=O) groups is 1. The van der Waals surface area contributed by atoms with Gasteiger partial charge < -0.3 is 4.90 Å². The van der Waals surface area contributed by atoms with E-state index in [0.29, 0.717) is 37.2 Å². The molecule has 0 radical (unpaired) electrons. The van der Waals surface area contributed by atoms with E-state index < -0.39 is 10.0 Å². The van der Waals surface area contributed by atoms with Gasteiger partial charge in [0.2, 0.25) is 15.9 Å². The molecule has 0 unspecified atom stereocenters. The average molecular weight is 407 g/mol. The monoisotopic (exact) mass is 406 g/mol. The minimum atomic E-state index is -3.50. The van der Waals surface area contributed by atoms with Gasteiger partial charge in [0.1, 0.15) is 0 Å². The van der Waals surface area contributed by atoms with E-state index in [-0.39, 0.29) is 11.9 Å². The zero-order chi connectivity index (χ0) is 20.0. The number of aryl methyl sites for hydroxylation is 1. The molecule has 0 atom stereocenters. The third-order valence-electron chi connectivity index (χ3n) is 6.30. The second-order valence-electron chi connectivity index (χ2n) is 8.32. The van der Waals surface area contributed by atoms with Crippen LogP contribution < -0.4 is 4.72 Å². The Morgan fingerprint density at radius 2 is 1.68 bits per heavy atom. The highest BCUT2D eigenvalue weighted by Gasteiger charge is 2.27. The van der Waals surface area contributed by atoms with Crippen molar-refractivity contribution < 1.29 is 13.2 Å². The lowest BCUT2D eigenvalue weighted by atomic mass is 9.86. The molecular formula is C22H34N2O3S. The predicted molar refractivity (Wildman–Crippen MR) is 112 cm³/mol. The lowest BCUT2D eigenvalue weighted by Gasteiger charge is -2.33. The fourth-order valence-corrected chi connectivity index (χ4v) is 5.71. The van der Waals surface area contributed by atoms with Crippen molar-refractivity contribution in [3.63, 3.8) is 0 Å². The van der Waals surface area contributed by atoms with Gasteiger partial charge in [-0.15, -0.1) is 0 Å². The molecule has 2 aliphatic rings. The Morgan fingerprint density at radius 3 is 2.29 bits per heavy atom. The summed E-state index contributed by atoms with van der Waals surface area (Å²) < 4.78 is 28.0. The molecule has 1 aromatic carbocycles. The molecule has 1 aliphatic heterocycles. The van der Waals surface area contributed by atoms with E-state index in [4.69, 9.17) is 0 Å². The maximum Gasteiger partial charge on any atom is 0.240 e. The van der Waals surface area contributed by atoms with Gasteiger partial charge >= 0.3 is 0 Å². The summed E-state index contributed by atoms with van der Waals surface area (Å²) in [5.41, 5.74) is 1.12. The summed E-state index contributed by atoms with van der Waals surface area (Å²) in [6.45, 7) is 3.34. The Hall–Kier alpha value is -1.40. The van der Waals surface area contributed by atoms with Crippen molar-refractivity contribution in [1.82, 2.24) is 9.62 Å². The molecule has 3 rings (SSSR count). The lowest BCUT2D eigenvalue weighted by Crippen LogP contribution is -2.46. The van der Waals surface area contributed by atoms with E-state index >= 15 is 0 Å². The Morgan fingerprint density at radius 1 is 1.04 bits per heavy atom. The summed E-state index contributed by atoms with van der Waals surface area (Å²) in [6.07, 6.45) is 10.4. The first kappa shape index (κ1) is 21.3. The molecule has 1 N–H and O–H groups in total. The zero-order valence-corrected chi connectivity index (χ0v) is 17.8. The van der Waals surface area contributed by atoms with Crippen LogP contribution in [-0.4, -0.2) is 38.4 Å². The van der Waals surface area contributed by atoms with Crippen LogP contribution in [0.3, 0.4) is 0 Å². The minimum absolute atomic E-state index is 0.0988. The van der Waals surface area contributed by atoms with Crippen LogP contribution in [0.2, 0.25) is 0 Å². The fourth-order valence-electron chi connectivity index (χ4n) is 4.40. The summed E-state index contributed by atoms with van der Waals surface area (Å²) in [7, 11) is -3.50. The normalized spacial score (nSPS) is 19.7. The van der Waals surface area contributed by atoms with Crippen molar-refractivity contribution in [3.8, 4) is 0 Å². The van der Waals surface area contributed by atoms with Crippen molar-refractivity contribution >= 4 is 15.9 Å². The van der Waals surface area contributed by atoms with Crippen LogP contribution in [0, 0.1) is 5.92 Å². The average Bonchev–Trinajstić information content (AvgIpc) is 2.73. The number of amides is 1. The maximum atomic E-state index is 12.6. The quantitative estimate of drug-likeness (QED) is 0.747. The third-order valence-corrected chi connectivity index (χ3v) is 7.84. The minimum Gasteiger partial charge on any atom is -0.343 e. The molecule has 0 aromatic heterocycles. The van der Waals surface area contributed by atoms with Crippen LogP contribution >= 0.6 is 0 Å². The van der Waals surface area contributed by atoms with E-state index in [1.54, 1.807) is 12.1 Å². The van der Waals surface area contributed by atoms with Crippen molar-refractivity contribution in [2.24, 2.45) is 5.92 Å². The summed E-state index contributed by atoms with van der Waals surface area (Å²) in [4.78, 5) is 14.7. The molecular weight excluding hydrogens is 372 g/mol. The largest absolute Gasteiger partial charge is 0.343 e. The van der Waals surface area contributed by atoms with E-state index in [1.807, 2.05) is 24.0 Å². The number of hydrogen-bond donors (Lipinski definition) is 1. The smallest absolute Gasteiger partial charge is 0.240 e. The Labute approximate surface area is 169 Å². The maximum absolute atomic E-state index is 12.6. The number of nitrogens with one attached hydrogen (secondary N) is 1. The molecule has 2 fully saturated rings. The zero-order valence-electron chi connectivity index (χ0n) is 17.0. The first-order valence-corrected chi connectivity index (χ1v) is 12.4. The highest BCUT2D eigenvalue weighted by Crippen LogP contribution is 2.27. The van der Waals surface area contributed by atoms with Crippen LogP contribution in [0.15, 0.2) is 29.2 Å². The lowest BCUT2D eigenvalue weighted by molar-refractivity contribution is -0.132. The molecule has 5 nitrogen and oxygen atoms in total. The van der Waals surface area contributed by atoms with Gasteiger partial charge in [-0.1, -0.05) is 51.2 Å². The number of piperidine rings is 1. The Bertz CT molecular complexity index is 732. The number of carbonyl (C=O) groups excluding carboxylic acids is 1. The van der Waals surface area contributed by atoms with E-state index in [1.165, 1.54) is 32.1 Å². The van der Waals surface area contributed by atoms with Gasteiger partial charge in [-0.2, -0.15) is 0 Å².